The highest BCUT2D eigenvalue weighted by atomic mass is 127. The molecule has 0 unspecified atom stereocenters. The first-order valence-corrected chi connectivity index (χ1v) is 7.96. The Morgan fingerprint density at radius 2 is 2.10 bits per heavy atom. The fourth-order valence-corrected chi connectivity index (χ4v) is 3.57. The number of halogens is 1. The molecule has 0 aliphatic heterocycles. The first-order chi connectivity index (χ1) is 10.1. The summed E-state index contributed by atoms with van der Waals surface area (Å²) in [5.74, 6) is -0.305. The van der Waals surface area contributed by atoms with Gasteiger partial charge in [-0.1, -0.05) is 12.1 Å². The number of hydrogen-bond donors (Lipinski definition) is 2. The van der Waals surface area contributed by atoms with Gasteiger partial charge in [-0.15, -0.1) is 11.3 Å². The Bertz CT molecular complexity index is 847. The molecule has 0 radical (unpaired) electrons. The second kappa shape index (κ2) is 5.57. The fourth-order valence-electron chi connectivity index (χ4n) is 2.06. The number of rotatable bonds is 3. The number of benzene rings is 1. The zero-order valence-electron chi connectivity index (χ0n) is 10.9. The van der Waals surface area contributed by atoms with Gasteiger partial charge < -0.3 is 10.4 Å². The van der Waals surface area contributed by atoms with Crippen molar-refractivity contribution in [3.8, 4) is 0 Å². The maximum Gasteiger partial charge on any atom is 0.346 e. The lowest BCUT2D eigenvalue weighted by atomic mass is 10.2. The third-order valence-electron chi connectivity index (χ3n) is 3.05. The van der Waals surface area contributed by atoms with E-state index in [2.05, 4.69) is 37.9 Å². The highest BCUT2D eigenvalue weighted by Gasteiger charge is 2.18. The molecule has 7 heteroatoms. The fraction of sp³-hybridized carbons (Fsp3) is 0.0714. The summed E-state index contributed by atoms with van der Waals surface area (Å²) in [6, 6.07) is 7.84. The maximum atomic E-state index is 11.3. The smallest absolute Gasteiger partial charge is 0.346 e. The van der Waals surface area contributed by atoms with Crippen LogP contribution in [0.25, 0.3) is 10.2 Å². The minimum absolute atomic E-state index is 0.302. The lowest BCUT2D eigenvalue weighted by molar-refractivity contribution is 0.0701. The number of para-hydroxylation sites is 1. The SMILES string of the molecule is Cc1c(C(=O)O)sc2ncnc(Nc3ccccc3I)c12. The number of fused-ring (bicyclic) bond motifs is 1. The Morgan fingerprint density at radius 1 is 1.33 bits per heavy atom. The summed E-state index contributed by atoms with van der Waals surface area (Å²) in [7, 11) is 0. The van der Waals surface area contributed by atoms with E-state index in [9.17, 15) is 9.90 Å². The van der Waals surface area contributed by atoms with E-state index in [0.717, 1.165) is 14.6 Å². The van der Waals surface area contributed by atoms with Crippen molar-refractivity contribution in [1.29, 1.82) is 0 Å². The molecule has 2 aromatic heterocycles. The number of thiophene rings is 1. The second-order valence-corrected chi connectivity index (χ2v) is 6.53. The van der Waals surface area contributed by atoms with Gasteiger partial charge >= 0.3 is 5.97 Å². The molecule has 0 aliphatic carbocycles. The number of carboxylic acids is 1. The van der Waals surface area contributed by atoms with Crippen molar-refractivity contribution < 1.29 is 9.90 Å². The van der Waals surface area contributed by atoms with E-state index in [0.29, 0.717) is 21.1 Å². The van der Waals surface area contributed by atoms with Crippen molar-refractivity contribution in [2.75, 3.05) is 5.32 Å². The zero-order chi connectivity index (χ0) is 15.0. The molecule has 106 valence electrons. The Labute approximate surface area is 138 Å². The van der Waals surface area contributed by atoms with Crippen LogP contribution in [0.1, 0.15) is 15.2 Å². The molecule has 0 spiro atoms. The number of aromatic carboxylic acids is 1. The topological polar surface area (TPSA) is 75.1 Å². The average Bonchev–Trinajstić information content (AvgIpc) is 2.80. The lowest BCUT2D eigenvalue weighted by Gasteiger charge is -2.08. The van der Waals surface area contributed by atoms with Crippen LogP contribution in [0.2, 0.25) is 0 Å². The van der Waals surface area contributed by atoms with Gasteiger partial charge in [-0.05, 0) is 47.2 Å². The number of aromatic nitrogens is 2. The second-order valence-electron chi connectivity index (χ2n) is 4.37. The third-order valence-corrected chi connectivity index (χ3v) is 5.18. The third kappa shape index (κ3) is 2.58. The molecule has 0 bridgehead atoms. The van der Waals surface area contributed by atoms with Gasteiger partial charge in [0.15, 0.2) is 0 Å². The van der Waals surface area contributed by atoms with Gasteiger partial charge in [0, 0.05) is 3.57 Å². The molecule has 21 heavy (non-hydrogen) atoms. The molecule has 5 nitrogen and oxygen atoms in total. The highest BCUT2D eigenvalue weighted by molar-refractivity contribution is 14.1. The van der Waals surface area contributed by atoms with Crippen molar-refractivity contribution in [3.05, 3.63) is 44.6 Å². The Morgan fingerprint density at radius 3 is 2.81 bits per heavy atom. The number of aryl methyl sites for hydroxylation is 1. The minimum Gasteiger partial charge on any atom is -0.477 e. The summed E-state index contributed by atoms with van der Waals surface area (Å²) in [5.41, 5.74) is 1.62. The van der Waals surface area contributed by atoms with Crippen LogP contribution in [-0.4, -0.2) is 21.0 Å². The molecule has 3 rings (SSSR count). The molecule has 2 N–H and O–H groups in total. The van der Waals surface area contributed by atoms with Gasteiger partial charge in [-0.3, -0.25) is 0 Å². The van der Waals surface area contributed by atoms with Gasteiger partial charge in [0.05, 0.1) is 11.1 Å². The van der Waals surface area contributed by atoms with Crippen LogP contribution in [0.3, 0.4) is 0 Å². The molecule has 0 atom stereocenters. The van der Waals surface area contributed by atoms with Crippen LogP contribution >= 0.6 is 33.9 Å². The molecule has 2 heterocycles. The van der Waals surface area contributed by atoms with Crippen LogP contribution < -0.4 is 5.32 Å². The van der Waals surface area contributed by atoms with Crippen LogP contribution in [0.5, 0.6) is 0 Å². The summed E-state index contributed by atoms with van der Waals surface area (Å²) in [6.07, 6.45) is 1.45. The van der Waals surface area contributed by atoms with Crippen molar-refractivity contribution in [1.82, 2.24) is 9.97 Å². The standard InChI is InChI=1S/C14H10IN3O2S/c1-7-10-12(18-9-5-3-2-4-8(9)15)16-6-17-13(10)21-11(7)14(19)20/h2-6H,1H3,(H,19,20)(H,16,17,18). The lowest BCUT2D eigenvalue weighted by Crippen LogP contribution is -1.98. The Hall–Kier alpha value is -1.74. The van der Waals surface area contributed by atoms with Crippen LogP contribution in [-0.2, 0) is 0 Å². The van der Waals surface area contributed by atoms with E-state index >= 15 is 0 Å². The summed E-state index contributed by atoms with van der Waals surface area (Å²) < 4.78 is 1.06. The molecule has 0 amide bonds. The number of nitrogens with one attached hydrogen (secondary N) is 1. The Balaban J connectivity index is 2.15. The van der Waals surface area contributed by atoms with Gasteiger partial charge in [-0.2, -0.15) is 0 Å². The quantitative estimate of drug-likeness (QED) is 0.637. The molecule has 0 aliphatic rings. The van der Waals surface area contributed by atoms with Crippen LogP contribution in [0, 0.1) is 10.5 Å². The van der Waals surface area contributed by atoms with E-state index in [1.54, 1.807) is 6.92 Å². The largest absolute Gasteiger partial charge is 0.477 e. The Kier molecular flexibility index (Phi) is 3.77. The molecule has 0 saturated heterocycles. The molecule has 1 aromatic carbocycles. The summed E-state index contributed by atoms with van der Waals surface area (Å²) in [5, 5.41) is 13.3. The number of carboxylic acid groups (broad SMARTS) is 1. The molecule has 0 fully saturated rings. The van der Waals surface area contributed by atoms with E-state index in [1.165, 1.54) is 17.7 Å². The van der Waals surface area contributed by atoms with Crippen LogP contribution in [0.4, 0.5) is 11.5 Å². The van der Waals surface area contributed by atoms with Gasteiger partial charge in [-0.25, -0.2) is 14.8 Å². The number of hydrogen-bond acceptors (Lipinski definition) is 5. The summed E-state index contributed by atoms with van der Waals surface area (Å²) >= 11 is 3.41. The average molecular weight is 411 g/mol. The summed E-state index contributed by atoms with van der Waals surface area (Å²) in [6.45, 7) is 1.78. The van der Waals surface area contributed by atoms with Crippen molar-refractivity contribution in [3.63, 3.8) is 0 Å². The normalized spacial score (nSPS) is 10.8. The first kappa shape index (κ1) is 14.2. The van der Waals surface area contributed by atoms with Gasteiger partial charge in [0.1, 0.15) is 21.9 Å². The zero-order valence-corrected chi connectivity index (χ0v) is 13.9. The molecular weight excluding hydrogens is 401 g/mol. The van der Waals surface area contributed by atoms with Crippen molar-refractivity contribution in [2.24, 2.45) is 0 Å². The van der Waals surface area contributed by atoms with Crippen molar-refractivity contribution >= 4 is 61.6 Å². The van der Waals surface area contributed by atoms with Crippen molar-refractivity contribution in [2.45, 2.75) is 6.92 Å². The van der Waals surface area contributed by atoms with E-state index in [-0.39, 0.29) is 0 Å². The van der Waals surface area contributed by atoms with E-state index in [1.807, 2.05) is 24.3 Å². The first-order valence-electron chi connectivity index (χ1n) is 6.07. The highest BCUT2D eigenvalue weighted by Crippen LogP contribution is 2.34. The maximum absolute atomic E-state index is 11.3. The number of anilines is 2. The number of carbonyl (C=O) groups is 1. The van der Waals surface area contributed by atoms with Crippen LogP contribution in [0.15, 0.2) is 30.6 Å². The predicted octanol–water partition coefficient (Wildman–Crippen LogP) is 4.05. The molecular formula is C14H10IN3O2S. The molecule has 0 saturated carbocycles. The number of nitrogens with zero attached hydrogens (tertiary/aromatic N) is 2. The van der Waals surface area contributed by atoms with E-state index < -0.39 is 5.97 Å². The van der Waals surface area contributed by atoms with Gasteiger partial charge in [0.2, 0.25) is 0 Å². The predicted molar refractivity (Wildman–Crippen MR) is 91.6 cm³/mol. The van der Waals surface area contributed by atoms with E-state index in [4.69, 9.17) is 0 Å². The molecule has 3 aromatic rings. The summed E-state index contributed by atoms with van der Waals surface area (Å²) in [4.78, 5) is 20.7. The minimum atomic E-state index is -0.934. The van der Waals surface area contributed by atoms with Gasteiger partial charge in [0.25, 0.3) is 0 Å². The monoisotopic (exact) mass is 411 g/mol.